The Labute approximate surface area is 124 Å². The maximum atomic E-state index is 8.97. The van der Waals surface area contributed by atoms with E-state index in [0.717, 1.165) is 49.1 Å². The number of nitrogens with zero attached hydrogens (tertiary/aromatic N) is 2. The van der Waals surface area contributed by atoms with Crippen LogP contribution in [0.4, 0.5) is 0 Å². The van der Waals surface area contributed by atoms with E-state index >= 15 is 0 Å². The molecule has 0 aliphatic rings. The second-order valence-electron chi connectivity index (χ2n) is 4.98. The number of aliphatic hydroxyl groups is 1. The molecule has 0 aromatic carbocycles. The molecule has 0 saturated heterocycles. The van der Waals surface area contributed by atoms with Crippen LogP contribution in [0.25, 0.3) is 0 Å². The van der Waals surface area contributed by atoms with Crippen LogP contribution in [-0.4, -0.2) is 28.0 Å². The topological polar surface area (TPSA) is 50.1 Å². The number of hydrogen-bond donors (Lipinski definition) is 2. The molecule has 110 valence electrons. The first-order valence-electron chi connectivity index (χ1n) is 7.19. The fourth-order valence-corrected chi connectivity index (χ4v) is 2.76. The second kappa shape index (κ2) is 8.72. The summed E-state index contributed by atoms with van der Waals surface area (Å²) in [6.45, 7) is 9.33. The largest absolute Gasteiger partial charge is 0.396 e. The predicted octanol–water partition coefficient (Wildman–Crippen LogP) is 2.73. The SMILES string of the molecule is CCc1nn(CC)c(CNCCCC(C)CO)c1Br. The van der Waals surface area contributed by atoms with Gasteiger partial charge in [0, 0.05) is 19.7 Å². The van der Waals surface area contributed by atoms with Crippen molar-refractivity contribution in [3.8, 4) is 0 Å². The highest BCUT2D eigenvalue weighted by Crippen LogP contribution is 2.22. The Morgan fingerprint density at radius 1 is 1.42 bits per heavy atom. The summed E-state index contributed by atoms with van der Waals surface area (Å²) < 4.78 is 3.21. The zero-order valence-electron chi connectivity index (χ0n) is 12.2. The average Bonchev–Trinajstić information content (AvgIpc) is 2.74. The Balaban J connectivity index is 2.42. The lowest BCUT2D eigenvalue weighted by Gasteiger charge is -2.09. The van der Waals surface area contributed by atoms with Crippen molar-refractivity contribution >= 4 is 15.9 Å². The molecule has 0 bridgehead atoms. The smallest absolute Gasteiger partial charge is 0.0767 e. The van der Waals surface area contributed by atoms with Crippen molar-refractivity contribution < 1.29 is 5.11 Å². The molecule has 1 atom stereocenters. The number of aliphatic hydroxyl groups excluding tert-OH is 1. The second-order valence-corrected chi connectivity index (χ2v) is 5.78. The van der Waals surface area contributed by atoms with Gasteiger partial charge in [0.1, 0.15) is 0 Å². The molecule has 19 heavy (non-hydrogen) atoms. The van der Waals surface area contributed by atoms with E-state index in [2.05, 4.69) is 51.8 Å². The van der Waals surface area contributed by atoms with Gasteiger partial charge in [0.2, 0.25) is 0 Å². The van der Waals surface area contributed by atoms with E-state index in [0.29, 0.717) is 5.92 Å². The first kappa shape index (κ1) is 16.7. The summed E-state index contributed by atoms with van der Waals surface area (Å²) in [5, 5.41) is 17.0. The van der Waals surface area contributed by atoms with Crippen LogP contribution < -0.4 is 5.32 Å². The zero-order chi connectivity index (χ0) is 14.3. The van der Waals surface area contributed by atoms with Crippen molar-refractivity contribution in [3.63, 3.8) is 0 Å². The Kier molecular flexibility index (Phi) is 7.64. The molecular formula is C14H26BrN3O. The van der Waals surface area contributed by atoms with Crippen molar-refractivity contribution in [2.24, 2.45) is 5.92 Å². The van der Waals surface area contributed by atoms with Crippen LogP contribution in [-0.2, 0) is 19.5 Å². The van der Waals surface area contributed by atoms with Crippen LogP contribution in [0.1, 0.15) is 45.0 Å². The van der Waals surface area contributed by atoms with Gasteiger partial charge in [0.05, 0.1) is 15.9 Å². The van der Waals surface area contributed by atoms with E-state index in [1.165, 1.54) is 5.69 Å². The molecule has 1 heterocycles. The summed E-state index contributed by atoms with van der Waals surface area (Å²) in [4.78, 5) is 0. The van der Waals surface area contributed by atoms with Crippen LogP contribution in [0, 0.1) is 5.92 Å². The summed E-state index contributed by atoms with van der Waals surface area (Å²) in [5.41, 5.74) is 2.36. The summed E-state index contributed by atoms with van der Waals surface area (Å²) in [5.74, 6) is 0.404. The molecule has 0 fully saturated rings. The normalized spacial score (nSPS) is 12.9. The van der Waals surface area contributed by atoms with Gasteiger partial charge >= 0.3 is 0 Å². The molecule has 1 rings (SSSR count). The molecule has 0 radical (unpaired) electrons. The molecule has 4 nitrogen and oxygen atoms in total. The quantitative estimate of drug-likeness (QED) is 0.684. The van der Waals surface area contributed by atoms with Gasteiger partial charge in [-0.15, -0.1) is 0 Å². The van der Waals surface area contributed by atoms with Crippen LogP contribution in [0.3, 0.4) is 0 Å². The van der Waals surface area contributed by atoms with E-state index in [-0.39, 0.29) is 6.61 Å². The van der Waals surface area contributed by atoms with Gasteiger partial charge in [-0.1, -0.05) is 13.8 Å². The Hall–Kier alpha value is -0.390. The van der Waals surface area contributed by atoms with Gasteiger partial charge in [0.15, 0.2) is 0 Å². The third-order valence-corrected chi connectivity index (χ3v) is 4.26. The van der Waals surface area contributed by atoms with E-state index in [1.54, 1.807) is 0 Å². The molecule has 5 heteroatoms. The number of rotatable bonds is 9. The number of aromatic nitrogens is 2. The molecule has 1 unspecified atom stereocenters. The first-order chi connectivity index (χ1) is 9.13. The summed E-state index contributed by atoms with van der Waals surface area (Å²) >= 11 is 3.65. The fourth-order valence-electron chi connectivity index (χ4n) is 2.06. The molecule has 1 aromatic heterocycles. The minimum absolute atomic E-state index is 0.286. The van der Waals surface area contributed by atoms with Crippen LogP contribution in [0.2, 0.25) is 0 Å². The van der Waals surface area contributed by atoms with E-state index < -0.39 is 0 Å². The van der Waals surface area contributed by atoms with E-state index in [1.807, 2.05) is 0 Å². The molecular weight excluding hydrogens is 306 g/mol. The lowest BCUT2D eigenvalue weighted by Crippen LogP contribution is -2.18. The highest BCUT2D eigenvalue weighted by Gasteiger charge is 2.12. The Morgan fingerprint density at radius 3 is 2.74 bits per heavy atom. The molecule has 1 aromatic rings. The van der Waals surface area contributed by atoms with Gasteiger partial charge in [-0.05, 0) is 54.6 Å². The van der Waals surface area contributed by atoms with Crippen molar-refractivity contribution in [2.45, 2.75) is 53.1 Å². The van der Waals surface area contributed by atoms with Crippen molar-refractivity contribution in [2.75, 3.05) is 13.2 Å². The molecule has 0 spiro atoms. The van der Waals surface area contributed by atoms with Gasteiger partial charge in [0.25, 0.3) is 0 Å². The number of hydrogen-bond acceptors (Lipinski definition) is 3. The number of halogens is 1. The number of aryl methyl sites for hydroxylation is 2. The third kappa shape index (κ3) is 4.89. The lowest BCUT2D eigenvalue weighted by molar-refractivity contribution is 0.228. The van der Waals surface area contributed by atoms with Crippen LogP contribution in [0.15, 0.2) is 4.47 Å². The monoisotopic (exact) mass is 331 g/mol. The van der Waals surface area contributed by atoms with E-state index in [9.17, 15) is 0 Å². The lowest BCUT2D eigenvalue weighted by atomic mass is 10.1. The van der Waals surface area contributed by atoms with Crippen molar-refractivity contribution in [3.05, 3.63) is 15.9 Å². The summed E-state index contributed by atoms with van der Waals surface area (Å²) in [6, 6.07) is 0. The van der Waals surface area contributed by atoms with Crippen molar-refractivity contribution in [1.82, 2.24) is 15.1 Å². The summed E-state index contributed by atoms with van der Waals surface area (Å²) in [7, 11) is 0. The maximum absolute atomic E-state index is 8.97. The maximum Gasteiger partial charge on any atom is 0.0767 e. The van der Waals surface area contributed by atoms with Gasteiger partial charge < -0.3 is 10.4 Å². The third-order valence-electron chi connectivity index (χ3n) is 3.35. The molecule has 0 aliphatic heterocycles. The standard InChI is InChI=1S/C14H26BrN3O/c1-4-12-14(15)13(18(5-2)17-12)9-16-8-6-7-11(3)10-19/h11,16,19H,4-10H2,1-3H3. The zero-order valence-corrected chi connectivity index (χ0v) is 13.8. The Morgan fingerprint density at radius 2 is 2.16 bits per heavy atom. The Bertz CT molecular complexity index is 379. The van der Waals surface area contributed by atoms with Crippen molar-refractivity contribution in [1.29, 1.82) is 0 Å². The molecule has 0 aliphatic carbocycles. The van der Waals surface area contributed by atoms with Gasteiger partial charge in [-0.2, -0.15) is 5.10 Å². The molecule has 0 amide bonds. The minimum Gasteiger partial charge on any atom is -0.396 e. The molecule has 2 N–H and O–H groups in total. The average molecular weight is 332 g/mol. The summed E-state index contributed by atoms with van der Waals surface area (Å²) in [6.07, 6.45) is 3.12. The number of nitrogens with one attached hydrogen (secondary N) is 1. The predicted molar refractivity (Wildman–Crippen MR) is 82.2 cm³/mol. The highest BCUT2D eigenvalue weighted by molar-refractivity contribution is 9.10. The van der Waals surface area contributed by atoms with Crippen LogP contribution in [0.5, 0.6) is 0 Å². The fraction of sp³-hybridized carbons (Fsp3) is 0.786. The highest BCUT2D eigenvalue weighted by atomic mass is 79.9. The first-order valence-corrected chi connectivity index (χ1v) is 7.98. The van der Waals surface area contributed by atoms with Crippen LogP contribution >= 0.6 is 15.9 Å². The molecule has 0 saturated carbocycles. The van der Waals surface area contributed by atoms with Gasteiger partial charge in [-0.3, -0.25) is 4.68 Å². The minimum atomic E-state index is 0.286. The van der Waals surface area contributed by atoms with E-state index in [4.69, 9.17) is 5.11 Å². The van der Waals surface area contributed by atoms with Gasteiger partial charge in [-0.25, -0.2) is 0 Å².